The van der Waals surface area contributed by atoms with Gasteiger partial charge in [-0.1, -0.05) is 12.1 Å². The van der Waals surface area contributed by atoms with Crippen molar-refractivity contribution in [3.8, 4) is 17.6 Å². The van der Waals surface area contributed by atoms with Crippen LogP contribution in [0.1, 0.15) is 18.4 Å². The first kappa shape index (κ1) is 18.0. The van der Waals surface area contributed by atoms with Crippen molar-refractivity contribution < 1.29 is 19.0 Å². The minimum absolute atomic E-state index is 0.0253. The quantitative estimate of drug-likeness (QED) is 0.789. The van der Waals surface area contributed by atoms with Gasteiger partial charge in [-0.25, -0.2) is 4.98 Å². The van der Waals surface area contributed by atoms with E-state index in [2.05, 4.69) is 9.97 Å². The van der Waals surface area contributed by atoms with Crippen molar-refractivity contribution in [1.82, 2.24) is 14.9 Å². The van der Waals surface area contributed by atoms with Gasteiger partial charge in [0.05, 0.1) is 13.7 Å². The molecule has 1 amide bonds. The lowest BCUT2D eigenvalue weighted by atomic mass is 10.1. The molecule has 0 bridgehead atoms. The average Bonchev–Trinajstić information content (AvgIpc) is 2.66. The van der Waals surface area contributed by atoms with Crippen molar-refractivity contribution in [2.45, 2.75) is 25.9 Å². The van der Waals surface area contributed by atoms with Crippen LogP contribution in [-0.2, 0) is 4.79 Å². The van der Waals surface area contributed by atoms with Gasteiger partial charge in [0, 0.05) is 18.8 Å². The second-order valence-electron chi connectivity index (χ2n) is 6.21. The van der Waals surface area contributed by atoms with Crippen molar-refractivity contribution in [3.05, 3.63) is 42.1 Å². The molecule has 1 aromatic carbocycles. The third-order valence-corrected chi connectivity index (χ3v) is 4.16. The molecule has 1 atom stereocenters. The first-order valence-corrected chi connectivity index (χ1v) is 8.65. The molecule has 1 fully saturated rings. The molecule has 1 aromatic heterocycles. The molecule has 1 aliphatic rings. The van der Waals surface area contributed by atoms with E-state index in [-0.39, 0.29) is 24.6 Å². The predicted octanol–water partition coefficient (Wildman–Crippen LogP) is 2.24. The Balaban J connectivity index is 1.53. The number of ether oxygens (including phenoxy) is 3. The van der Waals surface area contributed by atoms with Gasteiger partial charge in [0.15, 0.2) is 6.61 Å². The SMILES string of the molecule is COc1nccc(OC2CCCN(C(=O)COc3cccc(C)c3)C2)n1. The molecule has 7 heteroatoms. The van der Waals surface area contributed by atoms with Gasteiger partial charge in [0.1, 0.15) is 11.9 Å². The number of methoxy groups -OCH3 is 1. The summed E-state index contributed by atoms with van der Waals surface area (Å²) in [5.74, 6) is 1.11. The number of carbonyl (C=O) groups excluding carboxylic acids is 1. The van der Waals surface area contributed by atoms with Crippen molar-refractivity contribution >= 4 is 5.91 Å². The van der Waals surface area contributed by atoms with Gasteiger partial charge in [0.25, 0.3) is 5.91 Å². The fourth-order valence-electron chi connectivity index (χ4n) is 2.86. The Labute approximate surface area is 152 Å². The molecule has 2 heterocycles. The molecule has 1 unspecified atom stereocenters. The van der Waals surface area contributed by atoms with Crippen LogP contribution in [0.4, 0.5) is 0 Å². The van der Waals surface area contributed by atoms with Gasteiger partial charge in [-0.2, -0.15) is 4.98 Å². The van der Waals surface area contributed by atoms with Crippen LogP contribution in [0.2, 0.25) is 0 Å². The number of amides is 1. The monoisotopic (exact) mass is 357 g/mol. The van der Waals surface area contributed by atoms with Crippen molar-refractivity contribution in [1.29, 1.82) is 0 Å². The van der Waals surface area contributed by atoms with Crippen LogP contribution >= 0.6 is 0 Å². The van der Waals surface area contributed by atoms with Crippen LogP contribution in [0.5, 0.6) is 17.6 Å². The standard InChI is InChI=1S/C19H23N3O4/c1-14-5-3-6-15(11-14)25-13-18(23)22-10-4-7-16(12-22)26-17-8-9-20-19(21-17)24-2/h3,5-6,8-9,11,16H,4,7,10,12-13H2,1-2H3. The lowest BCUT2D eigenvalue weighted by molar-refractivity contribution is -0.136. The van der Waals surface area contributed by atoms with Gasteiger partial charge in [-0.05, 0) is 37.5 Å². The molecule has 7 nitrogen and oxygen atoms in total. The van der Waals surface area contributed by atoms with E-state index in [1.807, 2.05) is 31.2 Å². The van der Waals surface area contributed by atoms with E-state index in [4.69, 9.17) is 14.2 Å². The van der Waals surface area contributed by atoms with E-state index >= 15 is 0 Å². The van der Waals surface area contributed by atoms with Crippen molar-refractivity contribution in [3.63, 3.8) is 0 Å². The van der Waals surface area contributed by atoms with Crippen LogP contribution in [0, 0.1) is 6.92 Å². The van der Waals surface area contributed by atoms with Gasteiger partial charge < -0.3 is 19.1 Å². The molecule has 0 spiro atoms. The third-order valence-electron chi connectivity index (χ3n) is 4.16. The van der Waals surface area contributed by atoms with Crippen LogP contribution < -0.4 is 14.2 Å². The Kier molecular flexibility index (Phi) is 5.88. The first-order chi connectivity index (χ1) is 12.6. The number of likely N-dealkylation sites (tertiary alicyclic amines) is 1. The second kappa shape index (κ2) is 8.51. The number of aryl methyl sites for hydroxylation is 1. The molecule has 3 rings (SSSR count). The molecule has 0 aliphatic carbocycles. The smallest absolute Gasteiger partial charge is 0.319 e. The summed E-state index contributed by atoms with van der Waals surface area (Å²) in [5.41, 5.74) is 1.10. The Morgan fingerprint density at radius 3 is 3.04 bits per heavy atom. The number of hydrogen-bond acceptors (Lipinski definition) is 6. The summed E-state index contributed by atoms with van der Waals surface area (Å²) in [7, 11) is 1.51. The third kappa shape index (κ3) is 4.84. The number of nitrogens with zero attached hydrogens (tertiary/aromatic N) is 3. The van der Waals surface area contributed by atoms with E-state index in [0.29, 0.717) is 24.7 Å². The molecule has 0 N–H and O–H groups in total. The summed E-state index contributed by atoms with van der Waals surface area (Å²) in [6.45, 7) is 3.24. The zero-order chi connectivity index (χ0) is 18.4. The van der Waals surface area contributed by atoms with Crippen LogP contribution in [0.3, 0.4) is 0 Å². The highest BCUT2D eigenvalue weighted by Crippen LogP contribution is 2.18. The zero-order valence-electron chi connectivity index (χ0n) is 15.1. The fourth-order valence-corrected chi connectivity index (χ4v) is 2.86. The molecular formula is C19H23N3O4. The van der Waals surface area contributed by atoms with E-state index < -0.39 is 0 Å². The normalized spacial score (nSPS) is 16.8. The molecule has 2 aromatic rings. The molecule has 0 saturated carbocycles. The van der Waals surface area contributed by atoms with Gasteiger partial charge in [0.2, 0.25) is 5.88 Å². The van der Waals surface area contributed by atoms with E-state index in [1.54, 1.807) is 17.2 Å². The zero-order valence-corrected chi connectivity index (χ0v) is 15.1. The largest absolute Gasteiger partial charge is 0.484 e. The van der Waals surface area contributed by atoms with Crippen molar-refractivity contribution in [2.75, 3.05) is 26.8 Å². The average molecular weight is 357 g/mol. The Bertz CT molecular complexity index is 753. The summed E-state index contributed by atoms with van der Waals surface area (Å²) >= 11 is 0. The summed E-state index contributed by atoms with van der Waals surface area (Å²) in [6.07, 6.45) is 3.23. The summed E-state index contributed by atoms with van der Waals surface area (Å²) in [6, 6.07) is 9.62. The second-order valence-corrected chi connectivity index (χ2v) is 6.21. The molecule has 1 aliphatic heterocycles. The number of piperidine rings is 1. The number of aromatic nitrogens is 2. The highest BCUT2D eigenvalue weighted by atomic mass is 16.5. The van der Waals surface area contributed by atoms with E-state index in [0.717, 1.165) is 18.4 Å². The predicted molar refractivity (Wildman–Crippen MR) is 95.5 cm³/mol. The first-order valence-electron chi connectivity index (χ1n) is 8.65. The Morgan fingerprint density at radius 2 is 2.23 bits per heavy atom. The highest BCUT2D eigenvalue weighted by Gasteiger charge is 2.25. The fraction of sp³-hybridized carbons (Fsp3) is 0.421. The van der Waals surface area contributed by atoms with Crippen LogP contribution in [0.25, 0.3) is 0 Å². The Morgan fingerprint density at radius 1 is 1.35 bits per heavy atom. The Hall–Kier alpha value is -2.83. The van der Waals surface area contributed by atoms with Gasteiger partial charge in [-0.15, -0.1) is 0 Å². The number of carbonyl (C=O) groups is 1. The molecule has 138 valence electrons. The van der Waals surface area contributed by atoms with Crippen LogP contribution in [0.15, 0.2) is 36.5 Å². The minimum Gasteiger partial charge on any atom is -0.484 e. The lowest BCUT2D eigenvalue weighted by Crippen LogP contribution is -2.46. The summed E-state index contributed by atoms with van der Waals surface area (Å²) in [4.78, 5) is 22.3. The maximum Gasteiger partial charge on any atom is 0.319 e. The maximum absolute atomic E-state index is 12.5. The topological polar surface area (TPSA) is 73.8 Å². The van der Waals surface area contributed by atoms with Crippen molar-refractivity contribution in [2.24, 2.45) is 0 Å². The van der Waals surface area contributed by atoms with E-state index in [1.165, 1.54) is 7.11 Å². The number of hydrogen-bond donors (Lipinski definition) is 0. The number of rotatable bonds is 6. The summed E-state index contributed by atoms with van der Waals surface area (Å²) < 4.78 is 16.5. The van der Waals surface area contributed by atoms with Gasteiger partial charge in [-0.3, -0.25) is 4.79 Å². The molecule has 26 heavy (non-hydrogen) atoms. The molecule has 1 saturated heterocycles. The maximum atomic E-state index is 12.5. The van der Waals surface area contributed by atoms with E-state index in [9.17, 15) is 4.79 Å². The number of benzene rings is 1. The van der Waals surface area contributed by atoms with Crippen LogP contribution in [-0.4, -0.2) is 53.7 Å². The minimum atomic E-state index is -0.105. The molecular weight excluding hydrogens is 334 g/mol. The highest BCUT2D eigenvalue weighted by molar-refractivity contribution is 5.77. The van der Waals surface area contributed by atoms with Gasteiger partial charge >= 0.3 is 6.01 Å². The molecule has 0 radical (unpaired) electrons. The summed E-state index contributed by atoms with van der Waals surface area (Å²) in [5, 5.41) is 0. The lowest BCUT2D eigenvalue weighted by Gasteiger charge is -2.32.